The molecule has 0 bridgehead atoms. The minimum absolute atomic E-state index is 0.153. The maximum absolute atomic E-state index is 12.1. The van der Waals surface area contributed by atoms with Crippen molar-refractivity contribution in [2.24, 2.45) is 5.92 Å². The van der Waals surface area contributed by atoms with E-state index >= 15 is 0 Å². The molecule has 25 heavy (non-hydrogen) atoms. The van der Waals surface area contributed by atoms with E-state index in [1.807, 2.05) is 23.5 Å². The Kier molecular flexibility index (Phi) is 5.07. The first-order valence-electron chi connectivity index (χ1n) is 9.48. The number of anilines is 2. The number of fused-ring (bicyclic) bond motifs is 1. The Balaban J connectivity index is 1.30. The summed E-state index contributed by atoms with van der Waals surface area (Å²) in [4.78, 5) is 16.1. The van der Waals surface area contributed by atoms with Crippen LogP contribution in [0.25, 0.3) is 0 Å². The van der Waals surface area contributed by atoms with Crippen LogP contribution in [0.2, 0.25) is 0 Å². The SMILES string of the molecule is O=C(CCC1CCCC1)Nc1ccc(N2CCc3sccc3C2)cc1. The molecule has 0 saturated heterocycles. The number of hydrogen-bond donors (Lipinski definition) is 1. The van der Waals surface area contributed by atoms with Gasteiger partial charge in [0.1, 0.15) is 0 Å². The smallest absolute Gasteiger partial charge is 0.224 e. The molecule has 2 heterocycles. The van der Waals surface area contributed by atoms with Gasteiger partial charge in [0, 0.05) is 35.8 Å². The van der Waals surface area contributed by atoms with Gasteiger partial charge in [-0.25, -0.2) is 0 Å². The van der Waals surface area contributed by atoms with Crippen molar-refractivity contribution >= 4 is 28.6 Å². The highest BCUT2D eigenvalue weighted by Crippen LogP contribution is 2.30. The average molecular weight is 355 g/mol. The molecule has 0 unspecified atom stereocenters. The van der Waals surface area contributed by atoms with Gasteiger partial charge < -0.3 is 10.2 Å². The van der Waals surface area contributed by atoms with E-state index in [2.05, 4.69) is 33.8 Å². The normalized spacial score (nSPS) is 17.5. The Hall–Kier alpha value is -1.81. The summed E-state index contributed by atoms with van der Waals surface area (Å²) in [5.41, 5.74) is 3.61. The number of rotatable bonds is 5. The summed E-state index contributed by atoms with van der Waals surface area (Å²) in [6.45, 7) is 2.06. The molecule has 4 rings (SSSR count). The van der Waals surface area contributed by atoms with E-state index in [1.165, 1.54) is 41.8 Å². The van der Waals surface area contributed by atoms with Gasteiger partial charge in [0.05, 0.1) is 0 Å². The molecule has 1 aliphatic carbocycles. The van der Waals surface area contributed by atoms with Crippen LogP contribution in [0.15, 0.2) is 35.7 Å². The van der Waals surface area contributed by atoms with Gasteiger partial charge >= 0.3 is 0 Å². The van der Waals surface area contributed by atoms with Crippen molar-refractivity contribution in [1.82, 2.24) is 0 Å². The maximum atomic E-state index is 12.1. The second-order valence-electron chi connectivity index (χ2n) is 7.32. The predicted molar refractivity (Wildman–Crippen MR) is 105 cm³/mol. The molecule has 1 aliphatic heterocycles. The number of amides is 1. The molecule has 2 aliphatic rings. The zero-order chi connectivity index (χ0) is 17.1. The third-order valence-electron chi connectivity index (χ3n) is 5.58. The first-order chi connectivity index (χ1) is 12.3. The summed E-state index contributed by atoms with van der Waals surface area (Å²) in [6, 6.07) is 10.6. The van der Waals surface area contributed by atoms with Gasteiger partial charge in [0.2, 0.25) is 5.91 Å². The van der Waals surface area contributed by atoms with Gasteiger partial charge in [-0.15, -0.1) is 11.3 Å². The van der Waals surface area contributed by atoms with Crippen LogP contribution in [0.4, 0.5) is 11.4 Å². The second-order valence-corrected chi connectivity index (χ2v) is 8.33. The third-order valence-corrected chi connectivity index (χ3v) is 6.60. The van der Waals surface area contributed by atoms with Crippen LogP contribution >= 0.6 is 11.3 Å². The predicted octanol–water partition coefficient (Wildman–Crippen LogP) is 5.22. The Morgan fingerprint density at radius 2 is 1.96 bits per heavy atom. The average Bonchev–Trinajstić information content (AvgIpc) is 3.31. The fourth-order valence-corrected chi connectivity index (χ4v) is 4.97. The number of carbonyl (C=O) groups excluding carboxylic acids is 1. The van der Waals surface area contributed by atoms with E-state index in [1.54, 1.807) is 0 Å². The molecule has 1 aromatic carbocycles. The van der Waals surface area contributed by atoms with Crippen molar-refractivity contribution in [3.8, 4) is 0 Å². The van der Waals surface area contributed by atoms with E-state index < -0.39 is 0 Å². The van der Waals surface area contributed by atoms with Crippen molar-refractivity contribution in [2.75, 3.05) is 16.8 Å². The van der Waals surface area contributed by atoms with Crippen LogP contribution in [0.3, 0.4) is 0 Å². The molecule has 0 atom stereocenters. The standard InChI is InChI=1S/C21H26N2OS/c24-21(10-5-16-3-1-2-4-16)22-18-6-8-19(9-7-18)23-13-11-20-17(15-23)12-14-25-20/h6-9,12,14,16H,1-5,10-11,13,15H2,(H,22,24). The number of carbonyl (C=O) groups is 1. The Morgan fingerprint density at radius 1 is 1.16 bits per heavy atom. The van der Waals surface area contributed by atoms with E-state index in [9.17, 15) is 4.79 Å². The van der Waals surface area contributed by atoms with E-state index in [-0.39, 0.29) is 5.91 Å². The molecule has 1 amide bonds. The molecule has 0 spiro atoms. The van der Waals surface area contributed by atoms with E-state index in [4.69, 9.17) is 0 Å². The topological polar surface area (TPSA) is 32.3 Å². The summed E-state index contributed by atoms with van der Waals surface area (Å²) in [5.74, 6) is 0.926. The largest absolute Gasteiger partial charge is 0.367 e. The van der Waals surface area contributed by atoms with Crippen molar-refractivity contribution in [1.29, 1.82) is 0 Å². The van der Waals surface area contributed by atoms with Crippen molar-refractivity contribution in [3.05, 3.63) is 46.2 Å². The summed E-state index contributed by atoms with van der Waals surface area (Å²) in [7, 11) is 0. The van der Waals surface area contributed by atoms with Crippen molar-refractivity contribution in [2.45, 2.75) is 51.5 Å². The number of thiophene rings is 1. The third kappa shape index (κ3) is 4.06. The van der Waals surface area contributed by atoms with Gasteiger partial charge in [-0.3, -0.25) is 4.79 Å². The van der Waals surface area contributed by atoms with Crippen molar-refractivity contribution < 1.29 is 4.79 Å². The van der Waals surface area contributed by atoms with E-state index in [0.29, 0.717) is 6.42 Å². The Bertz CT molecular complexity index is 716. The van der Waals surface area contributed by atoms with Crippen LogP contribution < -0.4 is 10.2 Å². The molecule has 2 aromatic rings. The van der Waals surface area contributed by atoms with Crippen LogP contribution in [0.5, 0.6) is 0 Å². The summed E-state index contributed by atoms with van der Waals surface area (Å²) in [6.07, 6.45) is 8.13. The lowest BCUT2D eigenvalue weighted by Crippen LogP contribution is -2.29. The minimum atomic E-state index is 0.153. The van der Waals surface area contributed by atoms with Crippen LogP contribution in [0, 0.1) is 5.92 Å². The lowest BCUT2D eigenvalue weighted by molar-refractivity contribution is -0.116. The molecule has 1 fully saturated rings. The second kappa shape index (κ2) is 7.61. The Labute approximate surface area is 154 Å². The number of hydrogen-bond acceptors (Lipinski definition) is 3. The van der Waals surface area contributed by atoms with E-state index in [0.717, 1.165) is 37.5 Å². The molecule has 0 radical (unpaired) electrons. The molecular formula is C21H26N2OS. The first kappa shape index (κ1) is 16.6. The monoisotopic (exact) mass is 354 g/mol. The van der Waals surface area contributed by atoms with Crippen LogP contribution in [0.1, 0.15) is 49.0 Å². The lowest BCUT2D eigenvalue weighted by Gasteiger charge is -2.29. The molecule has 1 saturated carbocycles. The molecule has 3 nitrogen and oxygen atoms in total. The molecule has 132 valence electrons. The number of nitrogens with one attached hydrogen (secondary N) is 1. The number of benzene rings is 1. The van der Waals surface area contributed by atoms with Gasteiger partial charge in [-0.1, -0.05) is 25.7 Å². The zero-order valence-electron chi connectivity index (χ0n) is 14.7. The van der Waals surface area contributed by atoms with Crippen LogP contribution in [-0.2, 0) is 17.8 Å². The van der Waals surface area contributed by atoms with Gasteiger partial charge in [-0.2, -0.15) is 0 Å². The maximum Gasteiger partial charge on any atom is 0.224 e. The van der Waals surface area contributed by atoms with Crippen molar-refractivity contribution in [3.63, 3.8) is 0 Å². The quantitative estimate of drug-likeness (QED) is 0.798. The lowest BCUT2D eigenvalue weighted by atomic mass is 10.0. The highest BCUT2D eigenvalue weighted by molar-refractivity contribution is 7.10. The molecule has 1 N–H and O–H groups in total. The summed E-state index contributed by atoms with van der Waals surface area (Å²) in [5, 5.41) is 5.24. The minimum Gasteiger partial charge on any atom is -0.367 e. The highest BCUT2D eigenvalue weighted by atomic mass is 32.1. The highest BCUT2D eigenvalue weighted by Gasteiger charge is 2.18. The summed E-state index contributed by atoms with van der Waals surface area (Å²) < 4.78 is 0. The fourth-order valence-electron chi connectivity index (χ4n) is 4.08. The van der Waals surface area contributed by atoms with Gasteiger partial charge in [0.15, 0.2) is 0 Å². The van der Waals surface area contributed by atoms with Gasteiger partial charge in [0.25, 0.3) is 0 Å². The Morgan fingerprint density at radius 3 is 2.76 bits per heavy atom. The summed E-state index contributed by atoms with van der Waals surface area (Å²) >= 11 is 1.87. The van der Waals surface area contributed by atoms with Gasteiger partial charge in [-0.05, 0) is 60.0 Å². The zero-order valence-corrected chi connectivity index (χ0v) is 15.5. The molecular weight excluding hydrogens is 328 g/mol. The van der Waals surface area contributed by atoms with Crippen LogP contribution in [-0.4, -0.2) is 12.5 Å². The molecule has 1 aromatic heterocycles. The number of nitrogens with zero attached hydrogens (tertiary/aromatic N) is 1. The molecule has 4 heteroatoms. The fraction of sp³-hybridized carbons (Fsp3) is 0.476. The first-order valence-corrected chi connectivity index (χ1v) is 10.4.